The Kier molecular flexibility index (Phi) is 6.24. The van der Waals surface area contributed by atoms with Crippen molar-refractivity contribution in [1.82, 2.24) is 10.6 Å². The fourth-order valence-corrected chi connectivity index (χ4v) is 3.16. The lowest BCUT2D eigenvalue weighted by Crippen LogP contribution is -2.34. The van der Waals surface area contributed by atoms with Crippen LogP contribution in [0.15, 0.2) is 24.3 Å². The van der Waals surface area contributed by atoms with E-state index in [4.69, 9.17) is 0 Å². The summed E-state index contributed by atoms with van der Waals surface area (Å²) in [5.74, 6) is 1.40. The maximum absolute atomic E-state index is 12.0. The molecule has 1 saturated heterocycles. The van der Waals surface area contributed by atoms with E-state index in [2.05, 4.69) is 48.7 Å². The number of hydrogen-bond acceptors (Lipinski definition) is 2. The first kappa shape index (κ1) is 16.0. The number of carbonyl (C=O) groups is 1. The standard InChI is InChI=1S/C18H28N2O/c1-14-4-3-5-16(12-14)6-11-20-18(21)13-15(2)17-7-9-19-10-8-17/h3-5,12,15,17,19H,6-11,13H2,1-2H3,(H,20,21). The summed E-state index contributed by atoms with van der Waals surface area (Å²) in [6, 6.07) is 8.48. The Morgan fingerprint density at radius 3 is 2.86 bits per heavy atom. The van der Waals surface area contributed by atoms with E-state index in [9.17, 15) is 4.79 Å². The van der Waals surface area contributed by atoms with E-state index in [0.717, 1.165) is 26.1 Å². The van der Waals surface area contributed by atoms with Gasteiger partial charge in [0.2, 0.25) is 5.91 Å². The van der Waals surface area contributed by atoms with E-state index in [1.165, 1.54) is 24.0 Å². The van der Waals surface area contributed by atoms with Gasteiger partial charge in [-0.25, -0.2) is 0 Å². The topological polar surface area (TPSA) is 41.1 Å². The molecule has 1 atom stereocenters. The Labute approximate surface area is 128 Å². The summed E-state index contributed by atoms with van der Waals surface area (Å²) in [6.07, 6.45) is 3.99. The smallest absolute Gasteiger partial charge is 0.220 e. The molecule has 0 bridgehead atoms. The van der Waals surface area contributed by atoms with E-state index in [0.29, 0.717) is 18.3 Å². The maximum atomic E-state index is 12.0. The van der Waals surface area contributed by atoms with Gasteiger partial charge in [-0.05, 0) is 56.7 Å². The summed E-state index contributed by atoms with van der Waals surface area (Å²) in [7, 11) is 0. The predicted molar refractivity (Wildman–Crippen MR) is 87.3 cm³/mol. The van der Waals surface area contributed by atoms with Gasteiger partial charge in [-0.1, -0.05) is 36.8 Å². The summed E-state index contributed by atoms with van der Waals surface area (Å²) < 4.78 is 0. The van der Waals surface area contributed by atoms with Crippen molar-refractivity contribution in [2.45, 2.75) is 39.5 Å². The molecular formula is C18H28N2O. The lowest BCUT2D eigenvalue weighted by molar-refractivity contribution is -0.122. The Morgan fingerprint density at radius 2 is 2.14 bits per heavy atom. The molecule has 1 aliphatic heterocycles. The molecule has 1 aromatic rings. The van der Waals surface area contributed by atoms with Gasteiger partial charge in [-0.2, -0.15) is 0 Å². The van der Waals surface area contributed by atoms with Crippen molar-refractivity contribution in [2.75, 3.05) is 19.6 Å². The molecule has 116 valence electrons. The highest BCUT2D eigenvalue weighted by Gasteiger charge is 2.21. The van der Waals surface area contributed by atoms with E-state index in [1.807, 2.05) is 0 Å². The third kappa shape index (κ3) is 5.50. The second-order valence-electron chi connectivity index (χ2n) is 6.36. The highest BCUT2D eigenvalue weighted by Crippen LogP contribution is 2.24. The molecule has 0 aliphatic carbocycles. The van der Waals surface area contributed by atoms with Gasteiger partial charge in [-0.3, -0.25) is 4.79 Å². The average Bonchev–Trinajstić information content (AvgIpc) is 2.48. The molecule has 1 heterocycles. The van der Waals surface area contributed by atoms with Gasteiger partial charge < -0.3 is 10.6 Å². The summed E-state index contributed by atoms with van der Waals surface area (Å²) in [6.45, 7) is 7.26. The number of hydrogen-bond donors (Lipinski definition) is 2. The molecule has 2 N–H and O–H groups in total. The number of carbonyl (C=O) groups excluding carboxylic acids is 1. The minimum Gasteiger partial charge on any atom is -0.356 e. The minimum absolute atomic E-state index is 0.202. The number of benzene rings is 1. The number of aryl methyl sites for hydroxylation is 1. The van der Waals surface area contributed by atoms with Gasteiger partial charge in [0.1, 0.15) is 0 Å². The van der Waals surface area contributed by atoms with Crippen LogP contribution in [-0.4, -0.2) is 25.5 Å². The van der Waals surface area contributed by atoms with Crippen LogP contribution < -0.4 is 10.6 Å². The summed E-state index contributed by atoms with van der Waals surface area (Å²) in [5, 5.41) is 6.45. The molecule has 1 aromatic carbocycles. The molecular weight excluding hydrogens is 260 g/mol. The van der Waals surface area contributed by atoms with E-state index in [-0.39, 0.29) is 5.91 Å². The van der Waals surface area contributed by atoms with Crippen LogP contribution in [0.3, 0.4) is 0 Å². The van der Waals surface area contributed by atoms with Crippen LogP contribution in [0, 0.1) is 18.8 Å². The third-order valence-electron chi connectivity index (χ3n) is 4.51. The number of nitrogens with one attached hydrogen (secondary N) is 2. The average molecular weight is 288 g/mol. The Hall–Kier alpha value is -1.35. The van der Waals surface area contributed by atoms with Gasteiger partial charge in [-0.15, -0.1) is 0 Å². The highest BCUT2D eigenvalue weighted by atomic mass is 16.1. The fourth-order valence-electron chi connectivity index (χ4n) is 3.16. The van der Waals surface area contributed by atoms with Crippen molar-refractivity contribution in [3.8, 4) is 0 Å². The van der Waals surface area contributed by atoms with Gasteiger partial charge in [0.05, 0.1) is 0 Å². The second kappa shape index (κ2) is 8.18. The van der Waals surface area contributed by atoms with Crippen molar-refractivity contribution in [3.63, 3.8) is 0 Å². The molecule has 1 fully saturated rings. The van der Waals surface area contributed by atoms with Crippen molar-refractivity contribution >= 4 is 5.91 Å². The van der Waals surface area contributed by atoms with Gasteiger partial charge in [0, 0.05) is 13.0 Å². The first-order valence-corrected chi connectivity index (χ1v) is 8.18. The van der Waals surface area contributed by atoms with E-state index in [1.54, 1.807) is 0 Å². The molecule has 1 amide bonds. The van der Waals surface area contributed by atoms with Crippen LogP contribution in [0.5, 0.6) is 0 Å². The molecule has 3 heteroatoms. The molecule has 1 aliphatic rings. The summed E-state index contributed by atoms with van der Waals surface area (Å²) in [5.41, 5.74) is 2.57. The summed E-state index contributed by atoms with van der Waals surface area (Å²) in [4.78, 5) is 12.0. The van der Waals surface area contributed by atoms with E-state index >= 15 is 0 Å². The van der Waals surface area contributed by atoms with Crippen molar-refractivity contribution < 1.29 is 4.79 Å². The number of rotatable bonds is 6. The fraction of sp³-hybridized carbons (Fsp3) is 0.611. The first-order chi connectivity index (χ1) is 10.1. The maximum Gasteiger partial charge on any atom is 0.220 e. The van der Waals surface area contributed by atoms with Crippen LogP contribution >= 0.6 is 0 Å². The molecule has 2 rings (SSSR count). The van der Waals surface area contributed by atoms with Crippen LogP contribution in [-0.2, 0) is 11.2 Å². The second-order valence-corrected chi connectivity index (χ2v) is 6.36. The quantitative estimate of drug-likeness (QED) is 0.845. The zero-order valence-corrected chi connectivity index (χ0v) is 13.3. The third-order valence-corrected chi connectivity index (χ3v) is 4.51. The van der Waals surface area contributed by atoms with Gasteiger partial charge in [0.15, 0.2) is 0 Å². The first-order valence-electron chi connectivity index (χ1n) is 8.18. The van der Waals surface area contributed by atoms with Crippen LogP contribution in [0.1, 0.15) is 37.3 Å². The monoisotopic (exact) mass is 288 g/mol. The molecule has 21 heavy (non-hydrogen) atoms. The van der Waals surface area contributed by atoms with Crippen LogP contribution in [0.2, 0.25) is 0 Å². The number of amides is 1. The Bertz CT molecular complexity index is 452. The lowest BCUT2D eigenvalue weighted by atomic mass is 9.84. The van der Waals surface area contributed by atoms with Gasteiger partial charge in [0.25, 0.3) is 0 Å². The predicted octanol–water partition coefficient (Wildman–Crippen LogP) is 2.68. The Morgan fingerprint density at radius 1 is 1.38 bits per heavy atom. The molecule has 3 nitrogen and oxygen atoms in total. The van der Waals surface area contributed by atoms with Crippen LogP contribution in [0.25, 0.3) is 0 Å². The van der Waals surface area contributed by atoms with Crippen molar-refractivity contribution in [1.29, 1.82) is 0 Å². The van der Waals surface area contributed by atoms with E-state index < -0.39 is 0 Å². The van der Waals surface area contributed by atoms with Crippen molar-refractivity contribution in [2.24, 2.45) is 11.8 Å². The molecule has 0 saturated carbocycles. The largest absolute Gasteiger partial charge is 0.356 e. The van der Waals surface area contributed by atoms with Crippen molar-refractivity contribution in [3.05, 3.63) is 35.4 Å². The lowest BCUT2D eigenvalue weighted by Gasteiger charge is -2.27. The van der Waals surface area contributed by atoms with Crippen LogP contribution in [0.4, 0.5) is 0 Å². The zero-order valence-electron chi connectivity index (χ0n) is 13.3. The molecule has 0 spiro atoms. The minimum atomic E-state index is 0.202. The molecule has 0 radical (unpaired) electrons. The van der Waals surface area contributed by atoms with Gasteiger partial charge >= 0.3 is 0 Å². The molecule has 0 aromatic heterocycles. The molecule has 1 unspecified atom stereocenters. The summed E-state index contributed by atoms with van der Waals surface area (Å²) >= 11 is 0. The SMILES string of the molecule is Cc1cccc(CCNC(=O)CC(C)C2CCNCC2)c1. The zero-order chi connectivity index (χ0) is 15.1. The Balaban J connectivity index is 1.67. The number of piperidine rings is 1. The highest BCUT2D eigenvalue weighted by molar-refractivity contribution is 5.76. The normalized spacial score (nSPS) is 17.4.